The maximum Gasteiger partial charge on any atom is 0.244 e. The van der Waals surface area contributed by atoms with Gasteiger partial charge in [0.1, 0.15) is 4.90 Å². The molecule has 0 amide bonds. The molecule has 2 saturated heterocycles. The van der Waals surface area contributed by atoms with Crippen molar-refractivity contribution in [2.45, 2.75) is 42.4 Å². The molecule has 0 saturated carbocycles. The van der Waals surface area contributed by atoms with Gasteiger partial charge in [0.05, 0.1) is 23.9 Å². The quantitative estimate of drug-likeness (QED) is 0.821. The number of sulfonamides is 1. The van der Waals surface area contributed by atoms with Gasteiger partial charge in [0.15, 0.2) is 0 Å². The van der Waals surface area contributed by atoms with Crippen LogP contribution < -0.4 is 10.5 Å². The number of nitrogen functional groups attached to an aromatic ring is 1. The Bertz CT molecular complexity index is 560. The molecular formula is C11H15N3O3S. The molecule has 18 heavy (non-hydrogen) atoms. The fourth-order valence-electron chi connectivity index (χ4n) is 2.64. The Morgan fingerprint density at radius 1 is 1.44 bits per heavy atom. The van der Waals surface area contributed by atoms with Crippen molar-refractivity contribution in [1.82, 2.24) is 9.71 Å². The van der Waals surface area contributed by atoms with Crippen LogP contribution in [0, 0.1) is 0 Å². The number of nitrogens with zero attached hydrogens (tertiary/aromatic N) is 1. The molecule has 2 bridgehead atoms. The third kappa shape index (κ3) is 1.98. The summed E-state index contributed by atoms with van der Waals surface area (Å²) in [5.74, 6) is 0. The molecule has 0 spiro atoms. The topological polar surface area (TPSA) is 94.3 Å². The Kier molecular flexibility index (Phi) is 2.76. The SMILES string of the molecule is Nc1ccncc1S(=O)(=O)NC1CC2CCC1O2. The first-order chi connectivity index (χ1) is 8.56. The molecular weight excluding hydrogens is 254 g/mol. The number of nitrogens with two attached hydrogens (primary N) is 1. The molecule has 98 valence electrons. The molecule has 3 atom stereocenters. The zero-order valence-corrected chi connectivity index (χ0v) is 10.6. The summed E-state index contributed by atoms with van der Waals surface area (Å²) in [5.41, 5.74) is 5.88. The van der Waals surface area contributed by atoms with Crippen LogP contribution in [-0.2, 0) is 14.8 Å². The fourth-order valence-corrected chi connectivity index (χ4v) is 3.99. The van der Waals surface area contributed by atoms with Crippen LogP contribution in [-0.4, -0.2) is 31.7 Å². The van der Waals surface area contributed by atoms with Crippen LogP contribution in [0.1, 0.15) is 19.3 Å². The van der Waals surface area contributed by atoms with E-state index in [-0.39, 0.29) is 28.8 Å². The van der Waals surface area contributed by atoms with E-state index in [1.165, 1.54) is 18.5 Å². The van der Waals surface area contributed by atoms with E-state index in [9.17, 15) is 8.42 Å². The van der Waals surface area contributed by atoms with Crippen molar-refractivity contribution in [3.63, 3.8) is 0 Å². The normalized spacial score (nSPS) is 30.8. The highest BCUT2D eigenvalue weighted by Gasteiger charge is 2.42. The minimum absolute atomic E-state index is 0.00247. The first-order valence-corrected chi connectivity index (χ1v) is 7.42. The van der Waals surface area contributed by atoms with Crippen molar-refractivity contribution in [2.24, 2.45) is 0 Å². The highest BCUT2D eigenvalue weighted by molar-refractivity contribution is 7.89. The Morgan fingerprint density at radius 2 is 2.28 bits per heavy atom. The molecule has 2 aliphatic rings. The van der Waals surface area contributed by atoms with Crippen LogP contribution in [0.3, 0.4) is 0 Å². The van der Waals surface area contributed by atoms with E-state index in [0.717, 1.165) is 19.3 Å². The predicted octanol–water partition coefficient (Wildman–Crippen LogP) is 0.262. The minimum atomic E-state index is -3.61. The Hall–Kier alpha value is -1.18. The molecule has 3 heterocycles. The van der Waals surface area contributed by atoms with Crippen molar-refractivity contribution in [2.75, 3.05) is 5.73 Å². The third-order valence-corrected chi connectivity index (χ3v) is 5.05. The lowest BCUT2D eigenvalue weighted by molar-refractivity contribution is 0.0996. The maximum absolute atomic E-state index is 12.2. The van der Waals surface area contributed by atoms with E-state index in [1.807, 2.05) is 0 Å². The van der Waals surface area contributed by atoms with E-state index in [0.29, 0.717) is 0 Å². The van der Waals surface area contributed by atoms with Crippen molar-refractivity contribution < 1.29 is 13.2 Å². The number of anilines is 1. The summed E-state index contributed by atoms with van der Waals surface area (Å²) in [6.07, 6.45) is 5.62. The van der Waals surface area contributed by atoms with E-state index in [1.54, 1.807) is 0 Å². The second-order valence-corrected chi connectivity index (χ2v) is 6.43. The largest absolute Gasteiger partial charge is 0.398 e. The molecule has 2 aliphatic heterocycles. The highest BCUT2D eigenvalue weighted by Crippen LogP contribution is 2.35. The Balaban J connectivity index is 1.82. The minimum Gasteiger partial charge on any atom is -0.398 e. The number of aromatic nitrogens is 1. The molecule has 0 radical (unpaired) electrons. The van der Waals surface area contributed by atoms with Gasteiger partial charge < -0.3 is 10.5 Å². The summed E-state index contributed by atoms with van der Waals surface area (Å²) in [7, 11) is -3.61. The van der Waals surface area contributed by atoms with Crippen LogP contribution in [0.15, 0.2) is 23.4 Å². The monoisotopic (exact) mass is 269 g/mol. The molecule has 0 aliphatic carbocycles. The van der Waals surface area contributed by atoms with Gasteiger partial charge >= 0.3 is 0 Å². The van der Waals surface area contributed by atoms with E-state index < -0.39 is 10.0 Å². The molecule has 3 rings (SSSR count). The van der Waals surface area contributed by atoms with Gasteiger partial charge in [0, 0.05) is 12.4 Å². The first-order valence-electron chi connectivity index (χ1n) is 5.93. The molecule has 7 heteroatoms. The Morgan fingerprint density at radius 3 is 2.89 bits per heavy atom. The number of fused-ring (bicyclic) bond motifs is 2. The number of hydrogen-bond donors (Lipinski definition) is 2. The molecule has 3 unspecified atom stereocenters. The summed E-state index contributed by atoms with van der Waals surface area (Å²) in [4.78, 5) is 3.84. The van der Waals surface area contributed by atoms with Gasteiger partial charge in [0.25, 0.3) is 0 Å². The average Bonchev–Trinajstić information content (AvgIpc) is 2.90. The number of rotatable bonds is 3. The van der Waals surface area contributed by atoms with Crippen LogP contribution in [0.2, 0.25) is 0 Å². The number of pyridine rings is 1. The maximum atomic E-state index is 12.2. The summed E-state index contributed by atoms with van der Waals surface area (Å²) in [6.45, 7) is 0. The standard InChI is InChI=1S/C11H15N3O3S/c12-8-3-4-13-6-11(8)18(15,16)14-9-5-7-1-2-10(9)17-7/h3-4,6-7,9-10,14H,1-2,5H2,(H2,12,13). The van der Waals surface area contributed by atoms with E-state index >= 15 is 0 Å². The van der Waals surface area contributed by atoms with Crippen LogP contribution in [0.5, 0.6) is 0 Å². The van der Waals surface area contributed by atoms with E-state index in [4.69, 9.17) is 10.5 Å². The molecule has 3 N–H and O–H groups in total. The van der Waals surface area contributed by atoms with E-state index in [2.05, 4.69) is 9.71 Å². The zero-order valence-electron chi connectivity index (χ0n) is 9.74. The van der Waals surface area contributed by atoms with Crippen molar-refractivity contribution in [3.8, 4) is 0 Å². The summed E-state index contributed by atoms with van der Waals surface area (Å²) < 4.78 is 32.7. The smallest absolute Gasteiger partial charge is 0.244 e. The summed E-state index contributed by atoms with van der Waals surface area (Å²) >= 11 is 0. The lowest BCUT2D eigenvalue weighted by Gasteiger charge is -2.20. The second-order valence-electron chi connectivity index (χ2n) is 4.75. The van der Waals surface area contributed by atoms with Gasteiger partial charge in [-0.25, -0.2) is 13.1 Å². The first kappa shape index (κ1) is 11.9. The van der Waals surface area contributed by atoms with Crippen LogP contribution >= 0.6 is 0 Å². The van der Waals surface area contributed by atoms with Gasteiger partial charge in [-0.3, -0.25) is 4.98 Å². The molecule has 1 aromatic heterocycles. The molecule has 2 fully saturated rings. The van der Waals surface area contributed by atoms with Gasteiger partial charge in [-0.15, -0.1) is 0 Å². The average molecular weight is 269 g/mol. The fraction of sp³-hybridized carbons (Fsp3) is 0.545. The molecule has 6 nitrogen and oxygen atoms in total. The Labute approximate surface area is 106 Å². The number of ether oxygens (including phenoxy) is 1. The lowest BCUT2D eigenvalue weighted by Crippen LogP contribution is -2.41. The summed E-state index contributed by atoms with van der Waals surface area (Å²) in [6, 6.07) is 1.33. The molecule has 0 aromatic carbocycles. The van der Waals surface area contributed by atoms with Crippen molar-refractivity contribution >= 4 is 15.7 Å². The van der Waals surface area contributed by atoms with Crippen LogP contribution in [0.4, 0.5) is 5.69 Å². The lowest BCUT2D eigenvalue weighted by atomic mass is 9.96. The predicted molar refractivity (Wildman–Crippen MR) is 65.3 cm³/mol. The number of hydrogen-bond acceptors (Lipinski definition) is 5. The highest BCUT2D eigenvalue weighted by atomic mass is 32.2. The number of nitrogens with one attached hydrogen (secondary N) is 1. The van der Waals surface area contributed by atoms with Gasteiger partial charge in [0.2, 0.25) is 10.0 Å². The van der Waals surface area contributed by atoms with Gasteiger partial charge in [-0.2, -0.15) is 0 Å². The zero-order chi connectivity index (χ0) is 12.8. The third-order valence-electron chi connectivity index (χ3n) is 3.52. The van der Waals surface area contributed by atoms with Gasteiger partial charge in [-0.1, -0.05) is 0 Å². The molecule has 1 aromatic rings. The van der Waals surface area contributed by atoms with Crippen molar-refractivity contribution in [3.05, 3.63) is 18.5 Å². The second kappa shape index (κ2) is 4.18. The summed E-state index contributed by atoms with van der Waals surface area (Å²) in [5, 5.41) is 0. The van der Waals surface area contributed by atoms with Crippen LogP contribution in [0.25, 0.3) is 0 Å². The van der Waals surface area contributed by atoms with Gasteiger partial charge in [-0.05, 0) is 25.3 Å². The van der Waals surface area contributed by atoms with Crippen molar-refractivity contribution in [1.29, 1.82) is 0 Å².